The second-order valence-electron chi connectivity index (χ2n) is 7.41. The predicted octanol–water partition coefficient (Wildman–Crippen LogP) is 4.00. The SMILES string of the molecule is Cc1cc(C)n2c(SCC(=O)N3c4ccccc4OC[C@H]3c3ccccc3)nnc2n1. The summed E-state index contributed by atoms with van der Waals surface area (Å²) in [7, 11) is 0. The van der Waals surface area contributed by atoms with E-state index in [0.29, 0.717) is 17.5 Å². The number of hydrogen-bond acceptors (Lipinski definition) is 6. The minimum atomic E-state index is -0.189. The largest absolute Gasteiger partial charge is 0.489 e. The number of anilines is 1. The van der Waals surface area contributed by atoms with Crippen LogP contribution in [-0.4, -0.2) is 37.8 Å². The number of ether oxygens (including phenoxy) is 1. The van der Waals surface area contributed by atoms with E-state index in [4.69, 9.17) is 4.74 Å². The van der Waals surface area contributed by atoms with Crippen LogP contribution < -0.4 is 9.64 Å². The molecule has 0 saturated heterocycles. The number of nitrogens with zero attached hydrogens (tertiary/aromatic N) is 5. The number of hydrogen-bond donors (Lipinski definition) is 0. The van der Waals surface area contributed by atoms with Gasteiger partial charge in [-0.3, -0.25) is 14.1 Å². The third kappa shape index (κ3) is 3.63. The first-order valence-electron chi connectivity index (χ1n) is 10.0. The van der Waals surface area contributed by atoms with Crippen LogP contribution in [0.1, 0.15) is 23.0 Å². The molecule has 8 heteroatoms. The van der Waals surface area contributed by atoms with Gasteiger partial charge >= 0.3 is 0 Å². The Bertz CT molecular complexity index is 1260. The Hall–Kier alpha value is -3.39. The van der Waals surface area contributed by atoms with Crippen LogP contribution in [0, 0.1) is 13.8 Å². The van der Waals surface area contributed by atoms with Gasteiger partial charge in [0.25, 0.3) is 5.78 Å². The Balaban J connectivity index is 1.45. The van der Waals surface area contributed by atoms with Gasteiger partial charge in [-0.2, -0.15) is 0 Å². The molecule has 2 aromatic carbocycles. The van der Waals surface area contributed by atoms with Gasteiger partial charge in [-0.1, -0.05) is 54.2 Å². The van der Waals surface area contributed by atoms with E-state index < -0.39 is 0 Å². The molecule has 4 aromatic rings. The lowest BCUT2D eigenvalue weighted by molar-refractivity contribution is -0.117. The first-order valence-corrected chi connectivity index (χ1v) is 11.0. The number of para-hydroxylation sites is 2. The average molecular weight is 432 g/mol. The van der Waals surface area contributed by atoms with Crippen molar-refractivity contribution in [2.45, 2.75) is 25.0 Å². The second kappa shape index (κ2) is 8.03. The van der Waals surface area contributed by atoms with Crippen LogP contribution in [-0.2, 0) is 4.79 Å². The molecule has 1 atom stereocenters. The van der Waals surface area contributed by atoms with E-state index in [1.165, 1.54) is 11.8 Å². The van der Waals surface area contributed by atoms with Crippen LogP contribution in [0.25, 0.3) is 5.78 Å². The first kappa shape index (κ1) is 19.6. The fourth-order valence-corrected chi connectivity index (χ4v) is 4.75. The highest BCUT2D eigenvalue weighted by atomic mass is 32.2. The number of aromatic nitrogens is 4. The summed E-state index contributed by atoms with van der Waals surface area (Å²) in [4.78, 5) is 19.8. The molecule has 0 spiro atoms. The van der Waals surface area contributed by atoms with E-state index in [1.807, 2.05) is 83.8 Å². The fourth-order valence-electron chi connectivity index (χ4n) is 3.91. The molecular weight excluding hydrogens is 410 g/mol. The highest BCUT2D eigenvalue weighted by Gasteiger charge is 2.33. The quantitative estimate of drug-likeness (QED) is 0.455. The van der Waals surface area contributed by atoms with Gasteiger partial charge in [-0.15, -0.1) is 10.2 Å². The van der Waals surface area contributed by atoms with E-state index in [0.717, 1.165) is 28.4 Å². The molecule has 1 aliphatic rings. The minimum absolute atomic E-state index is 0.0101. The number of amides is 1. The zero-order valence-corrected chi connectivity index (χ0v) is 18.0. The van der Waals surface area contributed by atoms with Crippen molar-refractivity contribution < 1.29 is 9.53 Å². The normalized spacial score (nSPS) is 15.5. The van der Waals surface area contributed by atoms with E-state index in [2.05, 4.69) is 15.2 Å². The summed E-state index contributed by atoms with van der Waals surface area (Å²) in [5, 5.41) is 9.08. The van der Waals surface area contributed by atoms with Crippen molar-refractivity contribution in [3.05, 3.63) is 77.6 Å². The molecule has 0 N–H and O–H groups in total. The molecule has 3 heterocycles. The maximum Gasteiger partial charge on any atom is 0.256 e. The van der Waals surface area contributed by atoms with E-state index in [9.17, 15) is 4.79 Å². The maximum atomic E-state index is 13.5. The van der Waals surface area contributed by atoms with Crippen LogP contribution in [0.3, 0.4) is 0 Å². The van der Waals surface area contributed by atoms with E-state index in [-0.39, 0.29) is 17.7 Å². The number of carbonyl (C=O) groups excluding carboxylic acids is 1. The summed E-state index contributed by atoms with van der Waals surface area (Å²) in [5.41, 5.74) is 3.70. The molecule has 0 aliphatic carbocycles. The lowest BCUT2D eigenvalue weighted by Crippen LogP contribution is -2.42. The molecule has 0 unspecified atom stereocenters. The van der Waals surface area contributed by atoms with Crippen molar-refractivity contribution in [2.75, 3.05) is 17.3 Å². The highest BCUT2D eigenvalue weighted by Crippen LogP contribution is 2.39. The number of benzene rings is 2. The number of carbonyl (C=O) groups is 1. The van der Waals surface area contributed by atoms with Gasteiger partial charge in [0.05, 0.1) is 17.5 Å². The molecule has 2 aromatic heterocycles. The summed E-state index contributed by atoms with van der Waals surface area (Å²) in [6, 6.07) is 19.4. The van der Waals surface area contributed by atoms with Crippen LogP contribution in [0.4, 0.5) is 5.69 Å². The van der Waals surface area contributed by atoms with Crippen molar-refractivity contribution in [1.82, 2.24) is 19.6 Å². The number of thioether (sulfide) groups is 1. The third-order valence-corrected chi connectivity index (χ3v) is 6.19. The van der Waals surface area contributed by atoms with Crippen LogP contribution in [0.2, 0.25) is 0 Å². The fraction of sp³-hybridized carbons (Fsp3) is 0.217. The Kier molecular flexibility index (Phi) is 5.07. The zero-order valence-electron chi connectivity index (χ0n) is 17.2. The smallest absolute Gasteiger partial charge is 0.256 e. The molecule has 31 heavy (non-hydrogen) atoms. The number of fused-ring (bicyclic) bond motifs is 2. The Labute approximate surface area is 184 Å². The molecule has 0 radical (unpaired) electrons. The Morgan fingerprint density at radius 3 is 2.71 bits per heavy atom. The van der Waals surface area contributed by atoms with Crippen molar-refractivity contribution in [2.24, 2.45) is 0 Å². The Morgan fingerprint density at radius 2 is 1.87 bits per heavy atom. The van der Waals surface area contributed by atoms with Gasteiger partial charge in [0.1, 0.15) is 12.4 Å². The average Bonchev–Trinajstić information content (AvgIpc) is 3.20. The second-order valence-corrected chi connectivity index (χ2v) is 8.36. The molecule has 0 fully saturated rings. The summed E-state index contributed by atoms with van der Waals surface area (Å²) < 4.78 is 7.85. The summed E-state index contributed by atoms with van der Waals surface area (Å²) in [6.07, 6.45) is 0. The molecule has 0 bridgehead atoms. The molecule has 5 rings (SSSR count). The van der Waals surface area contributed by atoms with E-state index >= 15 is 0 Å². The van der Waals surface area contributed by atoms with Crippen molar-refractivity contribution >= 4 is 29.1 Å². The predicted molar refractivity (Wildman–Crippen MR) is 120 cm³/mol. The first-order chi connectivity index (χ1) is 15.1. The van der Waals surface area contributed by atoms with Crippen molar-refractivity contribution in [3.8, 4) is 5.75 Å². The molecule has 156 valence electrons. The third-order valence-electron chi connectivity index (χ3n) is 5.27. The molecule has 1 aliphatic heterocycles. The van der Waals surface area contributed by atoms with Gasteiger partial charge in [-0.25, -0.2) is 4.98 Å². The molecule has 7 nitrogen and oxygen atoms in total. The zero-order chi connectivity index (χ0) is 21.4. The lowest BCUT2D eigenvalue weighted by Gasteiger charge is -2.37. The summed E-state index contributed by atoms with van der Waals surface area (Å²) in [6.45, 7) is 4.33. The standard InChI is InChI=1S/C23H21N5O2S/c1-15-12-16(2)27-22(24-15)25-26-23(27)31-14-21(29)28-18-10-6-7-11-20(18)30-13-19(28)17-8-4-3-5-9-17/h3-12,19H,13-14H2,1-2H3/t19-/m0/s1. The summed E-state index contributed by atoms with van der Waals surface area (Å²) in [5.74, 6) is 1.48. The number of aryl methyl sites for hydroxylation is 2. The van der Waals surface area contributed by atoms with Gasteiger partial charge < -0.3 is 4.74 Å². The monoisotopic (exact) mass is 431 g/mol. The van der Waals surface area contributed by atoms with Crippen molar-refractivity contribution in [1.29, 1.82) is 0 Å². The number of rotatable bonds is 4. The van der Waals surface area contributed by atoms with E-state index in [1.54, 1.807) is 0 Å². The Morgan fingerprint density at radius 1 is 1.10 bits per heavy atom. The summed E-state index contributed by atoms with van der Waals surface area (Å²) >= 11 is 1.37. The molecule has 0 saturated carbocycles. The topological polar surface area (TPSA) is 72.6 Å². The van der Waals surface area contributed by atoms with Gasteiger partial charge in [0.2, 0.25) is 5.91 Å². The van der Waals surface area contributed by atoms with Crippen LogP contribution >= 0.6 is 11.8 Å². The van der Waals surface area contributed by atoms with Gasteiger partial charge in [0.15, 0.2) is 5.16 Å². The molecular formula is C23H21N5O2S. The van der Waals surface area contributed by atoms with Gasteiger partial charge in [-0.05, 0) is 37.6 Å². The lowest BCUT2D eigenvalue weighted by atomic mass is 10.0. The van der Waals surface area contributed by atoms with Crippen LogP contribution in [0.15, 0.2) is 65.8 Å². The minimum Gasteiger partial charge on any atom is -0.489 e. The van der Waals surface area contributed by atoms with Crippen LogP contribution in [0.5, 0.6) is 5.75 Å². The maximum absolute atomic E-state index is 13.5. The molecule has 1 amide bonds. The van der Waals surface area contributed by atoms with Crippen molar-refractivity contribution in [3.63, 3.8) is 0 Å². The highest BCUT2D eigenvalue weighted by molar-refractivity contribution is 7.99. The van der Waals surface area contributed by atoms with Gasteiger partial charge in [0, 0.05) is 11.4 Å².